The highest BCUT2D eigenvalue weighted by Crippen LogP contribution is 2.29. The minimum absolute atomic E-state index is 0.0546. The van der Waals surface area contributed by atoms with Crippen LogP contribution >= 0.6 is 11.6 Å². The number of amides is 1. The van der Waals surface area contributed by atoms with Gasteiger partial charge < -0.3 is 19.1 Å². The Balaban J connectivity index is 1.58. The van der Waals surface area contributed by atoms with E-state index >= 15 is 0 Å². The Bertz CT molecular complexity index is 822. The summed E-state index contributed by atoms with van der Waals surface area (Å²) in [6.07, 6.45) is 1.11. The van der Waals surface area contributed by atoms with E-state index in [1.54, 1.807) is 47.4 Å². The second-order valence-corrected chi connectivity index (χ2v) is 6.98. The van der Waals surface area contributed by atoms with Crippen molar-refractivity contribution in [2.24, 2.45) is 5.92 Å². The molecule has 1 saturated heterocycles. The maximum Gasteiger partial charge on any atom is 0.314 e. The number of carbonyl (C=O) groups is 2. The zero-order valence-electron chi connectivity index (χ0n) is 15.8. The van der Waals surface area contributed by atoms with E-state index in [1.165, 1.54) is 14.2 Å². The summed E-state index contributed by atoms with van der Waals surface area (Å²) in [6, 6.07) is 11.8. The minimum Gasteiger partial charge on any atom is -0.496 e. The summed E-state index contributed by atoms with van der Waals surface area (Å²) in [4.78, 5) is 26.8. The number of likely N-dealkylation sites (tertiary alicyclic amines) is 1. The molecule has 1 fully saturated rings. The summed E-state index contributed by atoms with van der Waals surface area (Å²) in [5.41, 5.74) is 0.592. The van der Waals surface area contributed by atoms with Crippen LogP contribution in [0.3, 0.4) is 0 Å². The van der Waals surface area contributed by atoms with E-state index in [2.05, 4.69) is 0 Å². The summed E-state index contributed by atoms with van der Waals surface area (Å²) < 4.78 is 15.9. The van der Waals surface area contributed by atoms with Gasteiger partial charge in [-0.15, -0.1) is 0 Å². The number of hydrogen-bond acceptors (Lipinski definition) is 5. The number of rotatable bonds is 5. The predicted octanol–water partition coefficient (Wildman–Crippen LogP) is 3.82. The molecule has 0 saturated carbocycles. The monoisotopic (exact) mass is 403 g/mol. The lowest BCUT2D eigenvalue weighted by molar-refractivity contribution is -0.140. The van der Waals surface area contributed by atoms with Crippen LogP contribution in [-0.2, 0) is 4.79 Å². The van der Waals surface area contributed by atoms with Gasteiger partial charge in [-0.3, -0.25) is 9.59 Å². The molecule has 0 radical (unpaired) electrons. The lowest BCUT2D eigenvalue weighted by atomic mass is 9.96. The van der Waals surface area contributed by atoms with Crippen LogP contribution in [-0.4, -0.2) is 44.1 Å². The number of carbonyl (C=O) groups excluding carboxylic acids is 2. The molecule has 2 aromatic carbocycles. The van der Waals surface area contributed by atoms with E-state index in [9.17, 15) is 9.59 Å². The van der Waals surface area contributed by atoms with Gasteiger partial charge in [-0.1, -0.05) is 11.6 Å². The van der Waals surface area contributed by atoms with Gasteiger partial charge in [-0.25, -0.2) is 0 Å². The van der Waals surface area contributed by atoms with Crippen molar-refractivity contribution in [3.8, 4) is 17.2 Å². The second-order valence-electron chi connectivity index (χ2n) is 6.54. The van der Waals surface area contributed by atoms with Gasteiger partial charge in [0, 0.05) is 41.9 Å². The molecule has 0 atom stereocenters. The Hall–Kier alpha value is -2.73. The average Bonchev–Trinajstić information content (AvgIpc) is 2.73. The van der Waals surface area contributed by atoms with Crippen molar-refractivity contribution in [1.29, 1.82) is 0 Å². The fourth-order valence-corrected chi connectivity index (χ4v) is 3.26. The fraction of sp³-hybridized carbons (Fsp3) is 0.333. The smallest absolute Gasteiger partial charge is 0.314 e. The molecule has 1 heterocycles. The van der Waals surface area contributed by atoms with Gasteiger partial charge in [-0.2, -0.15) is 0 Å². The third kappa shape index (κ3) is 4.75. The quantitative estimate of drug-likeness (QED) is 0.561. The summed E-state index contributed by atoms with van der Waals surface area (Å²) in [6.45, 7) is 1.01. The number of hydrogen-bond donors (Lipinski definition) is 0. The van der Waals surface area contributed by atoms with Crippen LogP contribution in [0.25, 0.3) is 0 Å². The largest absolute Gasteiger partial charge is 0.496 e. The Kier molecular flexibility index (Phi) is 6.41. The van der Waals surface area contributed by atoms with Crippen molar-refractivity contribution in [2.75, 3.05) is 27.3 Å². The molecule has 2 aromatic rings. The molecule has 1 aliphatic heterocycles. The zero-order valence-corrected chi connectivity index (χ0v) is 16.6. The lowest BCUT2D eigenvalue weighted by Gasteiger charge is -2.31. The van der Waals surface area contributed by atoms with Crippen LogP contribution in [0.5, 0.6) is 17.2 Å². The Morgan fingerprint density at radius 1 is 0.929 bits per heavy atom. The summed E-state index contributed by atoms with van der Waals surface area (Å²) in [5.74, 6) is 0.846. The third-order valence-corrected chi connectivity index (χ3v) is 5.00. The Morgan fingerprint density at radius 3 is 2.00 bits per heavy atom. The number of methoxy groups -OCH3 is 2. The average molecular weight is 404 g/mol. The standard InChI is InChI=1S/C21H22ClNO5/c1-26-17-11-18(27-2)13-19(12-17)28-21(25)15-7-9-23(10-8-15)20(24)14-3-5-16(22)6-4-14/h3-6,11-13,15H,7-10H2,1-2H3. The highest BCUT2D eigenvalue weighted by molar-refractivity contribution is 6.30. The molecule has 0 aromatic heterocycles. The molecule has 1 amide bonds. The van der Waals surface area contributed by atoms with Gasteiger partial charge in [-0.05, 0) is 37.1 Å². The maximum atomic E-state index is 12.6. The normalized spacial score (nSPS) is 14.5. The van der Waals surface area contributed by atoms with Gasteiger partial charge in [0.15, 0.2) is 0 Å². The van der Waals surface area contributed by atoms with Crippen molar-refractivity contribution < 1.29 is 23.8 Å². The first-order chi connectivity index (χ1) is 13.5. The first-order valence-corrected chi connectivity index (χ1v) is 9.37. The zero-order chi connectivity index (χ0) is 20.1. The van der Waals surface area contributed by atoms with E-state index < -0.39 is 0 Å². The summed E-state index contributed by atoms with van der Waals surface area (Å²) >= 11 is 5.87. The molecule has 7 heteroatoms. The van der Waals surface area contributed by atoms with Crippen molar-refractivity contribution in [3.05, 3.63) is 53.1 Å². The number of ether oxygens (including phenoxy) is 3. The SMILES string of the molecule is COc1cc(OC)cc(OC(=O)C2CCN(C(=O)c3ccc(Cl)cc3)CC2)c1. The number of benzene rings is 2. The van der Waals surface area contributed by atoms with Crippen molar-refractivity contribution in [3.63, 3.8) is 0 Å². The molecule has 148 valence electrons. The van der Waals surface area contributed by atoms with Gasteiger partial charge >= 0.3 is 5.97 Å². The van der Waals surface area contributed by atoms with Crippen LogP contribution < -0.4 is 14.2 Å². The molecular formula is C21H22ClNO5. The van der Waals surface area contributed by atoms with Crippen LogP contribution in [0.4, 0.5) is 0 Å². The lowest BCUT2D eigenvalue weighted by Crippen LogP contribution is -2.41. The van der Waals surface area contributed by atoms with E-state index in [0.29, 0.717) is 53.8 Å². The molecule has 6 nitrogen and oxygen atoms in total. The number of esters is 1. The van der Waals surface area contributed by atoms with Gasteiger partial charge in [0.1, 0.15) is 17.2 Å². The van der Waals surface area contributed by atoms with E-state index in [0.717, 1.165) is 0 Å². The fourth-order valence-electron chi connectivity index (χ4n) is 3.13. The third-order valence-electron chi connectivity index (χ3n) is 4.75. The summed E-state index contributed by atoms with van der Waals surface area (Å²) in [7, 11) is 3.07. The molecule has 0 spiro atoms. The minimum atomic E-state index is -0.311. The van der Waals surface area contributed by atoms with Gasteiger partial charge in [0.05, 0.1) is 20.1 Å². The molecule has 0 aliphatic carbocycles. The molecule has 1 aliphatic rings. The van der Waals surface area contributed by atoms with Crippen LogP contribution in [0.15, 0.2) is 42.5 Å². The van der Waals surface area contributed by atoms with Crippen LogP contribution in [0, 0.1) is 5.92 Å². The molecule has 3 rings (SSSR count). The topological polar surface area (TPSA) is 65.1 Å². The summed E-state index contributed by atoms with van der Waals surface area (Å²) in [5, 5.41) is 0.590. The van der Waals surface area contributed by atoms with Crippen molar-refractivity contribution >= 4 is 23.5 Å². The maximum absolute atomic E-state index is 12.6. The van der Waals surface area contributed by atoms with Gasteiger partial charge in [0.25, 0.3) is 5.91 Å². The molecular weight excluding hydrogens is 382 g/mol. The van der Waals surface area contributed by atoms with Crippen LogP contribution in [0.2, 0.25) is 5.02 Å². The Morgan fingerprint density at radius 2 is 1.46 bits per heavy atom. The predicted molar refractivity (Wildman–Crippen MR) is 105 cm³/mol. The van der Waals surface area contributed by atoms with Gasteiger partial charge in [0.2, 0.25) is 0 Å². The van der Waals surface area contributed by atoms with Crippen LogP contribution in [0.1, 0.15) is 23.2 Å². The highest BCUT2D eigenvalue weighted by atomic mass is 35.5. The number of piperidine rings is 1. The molecule has 0 bridgehead atoms. The molecule has 0 N–H and O–H groups in total. The molecule has 28 heavy (non-hydrogen) atoms. The van der Waals surface area contributed by atoms with E-state index in [1.807, 2.05) is 0 Å². The Labute approximate surface area is 168 Å². The van der Waals surface area contributed by atoms with E-state index in [4.69, 9.17) is 25.8 Å². The number of nitrogens with zero attached hydrogens (tertiary/aromatic N) is 1. The highest BCUT2D eigenvalue weighted by Gasteiger charge is 2.29. The van der Waals surface area contributed by atoms with Crippen molar-refractivity contribution in [2.45, 2.75) is 12.8 Å². The second kappa shape index (κ2) is 8.97. The van der Waals surface area contributed by atoms with Crippen molar-refractivity contribution in [1.82, 2.24) is 4.90 Å². The van der Waals surface area contributed by atoms with E-state index in [-0.39, 0.29) is 17.8 Å². The first kappa shape index (κ1) is 20.0. The first-order valence-electron chi connectivity index (χ1n) is 8.99. The molecule has 0 unspecified atom stereocenters. The number of halogens is 1.